The van der Waals surface area contributed by atoms with E-state index in [0.717, 1.165) is 0 Å². The molecule has 0 aliphatic rings. The van der Waals surface area contributed by atoms with Crippen LogP contribution in [0.2, 0.25) is 0 Å². The molecule has 0 fully saturated rings. The second kappa shape index (κ2) is 10.5. The van der Waals surface area contributed by atoms with Crippen molar-refractivity contribution in [2.75, 3.05) is 13.7 Å². The zero-order valence-corrected chi connectivity index (χ0v) is 14.0. The number of esters is 2. The molecule has 1 heterocycles. The van der Waals surface area contributed by atoms with E-state index in [4.69, 9.17) is 20.6 Å². The van der Waals surface area contributed by atoms with Crippen molar-refractivity contribution in [2.45, 2.75) is 26.2 Å². The van der Waals surface area contributed by atoms with Crippen molar-refractivity contribution >= 4 is 17.7 Å². The van der Waals surface area contributed by atoms with Crippen molar-refractivity contribution in [3.63, 3.8) is 0 Å². The summed E-state index contributed by atoms with van der Waals surface area (Å²) < 4.78 is 15.0. The molecular weight excluding hydrogens is 326 g/mol. The summed E-state index contributed by atoms with van der Waals surface area (Å²) in [5.74, 6) is 5.57. The first-order valence-corrected chi connectivity index (χ1v) is 7.33. The van der Waals surface area contributed by atoms with E-state index in [1.165, 1.54) is 26.3 Å². The van der Waals surface area contributed by atoms with Gasteiger partial charge >= 0.3 is 11.9 Å². The van der Waals surface area contributed by atoms with Gasteiger partial charge in [-0.25, -0.2) is 4.98 Å². The van der Waals surface area contributed by atoms with E-state index < -0.39 is 11.9 Å². The average molecular weight is 343 g/mol. The van der Waals surface area contributed by atoms with Gasteiger partial charge in [-0.15, -0.1) is 6.42 Å². The minimum absolute atomic E-state index is 0.000743. The molecule has 0 aliphatic heterocycles. The number of methoxy groups -OCH3 is 1. The molecule has 0 radical (unpaired) electrons. The molecule has 0 saturated carbocycles. The van der Waals surface area contributed by atoms with Gasteiger partial charge in [-0.2, -0.15) is 0 Å². The summed E-state index contributed by atoms with van der Waals surface area (Å²) in [6, 6.07) is 1.48. The van der Waals surface area contributed by atoms with Crippen LogP contribution in [0.25, 0.3) is 0 Å². The Labute approximate surface area is 145 Å². The predicted octanol–water partition coefficient (Wildman–Crippen LogP) is 1.55. The second-order valence-corrected chi connectivity index (χ2v) is 4.68. The third-order valence-electron chi connectivity index (χ3n) is 2.87. The van der Waals surface area contributed by atoms with Crippen LogP contribution in [0.15, 0.2) is 12.3 Å². The first-order chi connectivity index (χ1) is 12.0. The second-order valence-electron chi connectivity index (χ2n) is 4.68. The van der Waals surface area contributed by atoms with Crippen LogP contribution in [0.1, 0.15) is 36.7 Å². The Hall–Kier alpha value is -3.32. The van der Waals surface area contributed by atoms with Gasteiger partial charge in [0.05, 0.1) is 7.11 Å². The van der Waals surface area contributed by atoms with Crippen molar-refractivity contribution < 1.29 is 28.6 Å². The minimum Gasteiger partial charge on any atom is -0.493 e. The molecule has 0 aromatic carbocycles. The number of terminal acetylenes is 1. The molecule has 0 atom stereocenters. The number of hydrogen-bond acceptors (Lipinski definition) is 7. The summed E-state index contributed by atoms with van der Waals surface area (Å²) in [6.07, 6.45) is 6.51. The van der Waals surface area contributed by atoms with Gasteiger partial charge in [-0.1, -0.05) is 0 Å². The van der Waals surface area contributed by atoms with E-state index >= 15 is 0 Å². The number of pyridine rings is 1. The van der Waals surface area contributed by atoms with Crippen LogP contribution in [0.5, 0.6) is 11.5 Å². The van der Waals surface area contributed by atoms with E-state index in [2.05, 4.69) is 22.7 Å². The first kappa shape index (κ1) is 19.7. The Morgan fingerprint density at radius 2 is 1.96 bits per heavy atom. The van der Waals surface area contributed by atoms with Gasteiger partial charge < -0.3 is 14.2 Å². The van der Waals surface area contributed by atoms with E-state index in [-0.39, 0.29) is 48.8 Å². The summed E-state index contributed by atoms with van der Waals surface area (Å²) >= 11 is 0. The van der Waals surface area contributed by atoms with Crippen molar-refractivity contribution in [1.82, 2.24) is 4.98 Å². The Morgan fingerprint density at radius 1 is 1.24 bits per heavy atom. The number of aromatic nitrogens is 1. The van der Waals surface area contributed by atoms with E-state index in [1.54, 1.807) is 0 Å². The van der Waals surface area contributed by atoms with Crippen LogP contribution in [0.4, 0.5) is 0 Å². The van der Waals surface area contributed by atoms with Crippen molar-refractivity contribution in [3.05, 3.63) is 18.0 Å². The van der Waals surface area contributed by atoms with Crippen LogP contribution < -0.4 is 9.47 Å². The van der Waals surface area contributed by atoms with Crippen LogP contribution in [0, 0.1) is 24.2 Å². The highest BCUT2D eigenvalue weighted by Crippen LogP contribution is 2.30. The number of Topliss-reactive ketones (excluding diaryl/α,β-unsaturated/α-hetero) is 1. The molecule has 0 aliphatic carbocycles. The molecule has 7 heteroatoms. The van der Waals surface area contributed by atoms with Crippen LogP contribution >= 0.6 is 0 Å². The molecule has 1 rings (SSSR count). The fourth-order valence-electron chi connectivity index (χ4n) is 1.76. The van der Waals surface area contributed by atoms with Crippen molar-refractivity contribution in [1.29, 1.82) is 0 Å². The smallest absolute Gasteiger partial charge is 0.311 e. The van der Waals surface area contributed by atoms with Gasteiger partial charge in [-0.3, -0.25) is 14.4 Å². The number of ether oxygens (including phenoxy) is 3. The lowest BCUT2D eigenvalue weighted by Crippen LogP contribution is -2.13. The maximum absolute atomic E-state index is 11.9. The Morgan fingerprint density at radius 3 is 2.60 bits per heavy atom. The van der Waals surface area contributed by atoms with Crippen molar-refractivity contribution in [3.8, 4) is 35.7 Å². The Kier molecular flexibility index (Phi) is 8.25. The van der Waals surface area contributed by atoms with Gasteiger partial charge in [0.15, 0.2) is 23.8 Å². The maximum Gasteiger partial charge on any atom is 0.311 e. The van der Waals surface area contributed by atoms with E-state index in [1.807, 2.05) is 0 Å². The molecule has 0 bridgehead atoms. The van der Waals surface area contributed by atoms with Gasteiger partial charge in [0, 0.05) is 32.0 Å². The molecule has 0 amide bonds. The average Bonchev–Trinajstić information content (AvgIpc) is 2.58. The van der Waals surface area contributed by atoms with Crippen LogP contribution in [-0.4, -0.2) is 36.4 Å². The normalized spacial score (nSPS) is 9.16. The zero-order chi connectivity index (χ0) is 18.7. The standard InChI is InChI=1S/C18H17NO6/c1-4-5-6-12-24-15(21)8-7-9-16(22)25-18-14(23-3)10-11-19-17(18)13(2)20/h1,10-11H,7-9,12H2,2-3H3. The van der Waals surface area contributed by atoms with E-state index in [9.17, 15) is 14.4 Å². The molecular formula is C18H17NO6. The summed E-state index contributed by atoms with van der Waals surface area (Å²) in [5, 5.41) is 0. The third-order valence-corrected chi connectivity index (χ3v) is 2.87. The number of carbonyl (C=O) groups is 3. The molecule has 0 N–H and O–H groups in total. The fraction of sp³-hybridized carbons (Fsp3) is 0.333. The van der Waals surface area contributed by atoms with Crippen molar-refractivity contribution in [2.24, 2.45) is 0 Å². The number of ketones is 1. The highest BCUT2D eigenvalue weighted by atomic mass is 16.6. The monoisotopic (exact) mass is 343 g/mol. The number of rotatable bonds is 8. The molecule has 0 spiro atoms. The van der Waals surface area contributed by atoms with Gasteiger partial charge in [-0.05, 0) is 24.2 Å². The molecule has 7 nitrogen and oxygen atoms in total. The third kappa shape index (κ3) is 6.76. The summed E-state index contributed by atoms with van der Waals surface area (Å²) in [6.45, 7) is 1.21. The van der Waals surface area contributed by atoms with Gasteiger partial charge in [0.25, 0.3) is 0 Å². The van der Waals surface area contributed by atoms with Crippen LogP contribution in [-0.2, 0) is 14.3 Å². The van der Waals surface area contributed by atoms with Gasteiger partial charge in [0.1, 0.15) is 0 Å². The van der Waals surface area contributed by atoms with Gasteiger partial charge in [0.2, 0.25) is 5.75 Å². The topological polar surface area (TPSA) is 91.8 Å². The molecule has 0 saturated heterocycles. The Bertz CT molecular complexity index is 751. The maximum atomic E-state index is 11.9. The molecule has 0 unspecified atom stereocenters. The molecule has 25 heavy (non-hydrogen) atoms. The quantitative estimate of drug-likeness (QED) is 0.402. The highest BCUT2D eigenvalue weighted by Gasteiger charge is 2.19. The summed E-state index contributed by atoms with van der Waals surface area (Å²) in [4.78, 5) is 38.8. The highest BCUT2D eigenvalue weighted by molar-refractivity contribution is 5.96. The summed E-state index contributed by atoms with van der Waals surface area (Å²) in [7, 11) is 1.38. The number of hydrogen-bond donors (Lipinski definition) is 0. The minimum atomic E-state index is -0.617. The summed E-state index contributed by atoms with van der Waals surface area (Å²) in [5.41, 5.74) is -0.000743. The molecule has 1 aromatic heterocycles. The predicted molar refractivity (Wildman–Crippen MR) is 87.8 cm³/mol. The first-order valence-electron chi connectivity index (χ1n) is 7.33. The fourth-order valence-corrected chi connectivity index (χ4v) is 1.76. The molecule has 1 aromatic rings. The lowest BCUT2D eigenvalue weighted by atomic mass is 10.2. The SMILES string of the molecule is C#CC#CCOC(=O)CCCC(=O)Oc1c(OC)ccnc1C(C)=O. The lowest BCUT2D eigenvalue weighted by molar-refractivity contribution is -0.142. The largest absolute Gasteiger partial charge is 0.493 e. The number of carbonyl (C=O) groups excluding carboxylic acids is 3. The van der Waals surface area contributed by atoms with Crippen LogP contribution in [0.3, 0.4) is 0 Å². The Balaban J connectivity index is 2.54. The lowest BCUT2D eigenvalue weighted by Gasteiger charge is -2.11. The number of nitrogens with zero attached hydrogens (tertiary/aromatic N) is 1. The van der Waals surface area contributed by atoms with E-state index in [0.29, 0.717) is 0 Å². The molecule has 130 valence electrons. The zero-order valence-electron chi connectivity index (χ0n) is 14.0.